The SMILES string of the molecule is CC(C)CCN(C1CC1)C1CC(C)CCC1N. The maximum absolute atomic E-state index is 6.37. The number of nitrogens with two attached hydrogens (primary N) is 1. The first kappa shape index (κ1) is 13.4. The smallest absolute Gasteiger partial charge is 0.0252 e. The first-order chi connectivity index (χ1) is 8.08. The van der Waals surface area contributed by atoms with Gasteiger partial charge in [0.1, 0.15) is 0 Å². The van der Waals surface area contributed by atoms with Crippen molar-refractivity contribution in [2.75, 3.05) is 6.54 Å². The van der Waals surface area contributed by atoms with E-state index in [9.17, 15) is 0 Å². The van der Waals surface area contributed by atoms with Gasteiger partial charge in [0.2, 0.25) is 0 Å². The summed E-state index contributed by atoms with van der Waals surface area (Å²) >= 11 is 0. The van der Waals surface area contributed by atoms with Crippen LogP contribution in [-0.4, -0.2) is 29.6 Å². The maximum Gasteiger partial charge on any atom is 0.0252 e. The highest BCUT2D eigenvalue weighted by molar-refractivity contribution is 4.95. The Labute approximate surface area is 107 Å². The van der Waals surface area contributed by atoms with Crippen LogP contribution >= 0.6 is 0 Å². The molecule has 2 saturated carbocycles. The van der Waals surface area contributed by atoms with E-state index >= 15 is 0 Å². The molecule has 0 aromatic rings. The second-order valence-electron chi connectivity index (χ2n) is 6.80. The van der Waals surface area contributed by atoms with Gasteiger partial charge in [0, 0.05) is 18.1 Å². The second kappa shape index (κ2) is 5.71. The largest absolute Gasteiger partial charge is 0.326 e. The van der Waals surface area contributed by atoms with Crippen LogP contribution in [0.5, 0.6) is 0 Å². The van der Waals surface area contributed by atoms with E-state index in [0.717, 1.165) is 17.9 Å². The van der Waals surface area contributed by atoms with Gasteiger partial charge in [0.25, 0.3) is 0 Å². The Morgan fingerprint density at radius 1 is 1.18 bits per heavy atom. The van der Waals surface area contributed by atoms with Gasteiger partial charge >= 0.3 is 0 Å². The van der Waals surface area contributed by atoms with Gasteiger partial charge in [0.05, 0.1) is 0 Å². The summed E-state index contributed by atoms with van der Waals surface area (Å²) in [6, 6.07) is 1.97. The zero-order valence-corrected chi connectivity index (χ0v) is 11.9. The van der Waals surface area contributed by atoms with E-state index in [1.807, 2.05) is 0 Å². The predicted octanol–water partition coefficient (Wildman–Crippen LogP) is 3.01. The monoisotopic (exact) mass is 238 g/mol. The Morgan fingerprint density at radius 3 is 2.47 bits per heavy atom. The van der Waals surface area contributed by atoms with Crippen molar-refractivity contribution in [1.82, 2.24) is 4.90 Å². The van der Waals surface area contributed by atoms with Crippen LogP contribution in [0.25, 0.3) is 0 Å². The minimum absolute atomic E-state index is 0.430. The molecule has 2 aliphatic carbocycles. The van der Waals surface area contributed by atoms with Crippen molar-refractivity contribution in [3.63, 3.8) is 0 Å². The van der Waals surface area contributed by atoms with Gasteiger partial charge in [-0.3, -0.25) is 4.90 Å². The molecule has 100 valence electrons. The van der Waals surface area contributed by atoms with Gasteiger partial charge in [-0.25, -0.2) is 0 Å². The van der Waals surface area contributed by atoms with E-state index < -0.39 is 0 Å². The molecular weight excluding hydrogens is 208 g/mol. The molecule has 3 unspecified atom stereocenters. The van der Waals surface area contributed by atoms with E-state index in [0.29, 0.717) is 12.1 Å². The summed E-state index contributed by atoms with van der Waals surface area (Å²) < 4.78 is 0. The molecule has 17 heavy (non-hydrogen) atoms. The summed E-state index contributed by atoms with van der Waals surface area (Å²) in [5.41, 5.74) is 6.37. The van der Waals surface area contributed by atoms with E-state index in [-0.39, 0.29) is 0 Å². The van der Waals surface area contributed by atoms with Crippen molar-refractivity contribution in [3.8, 4) is 0 Å². The molecule has 0 saturated heterocycles. The van der Waals surface area contributed by atoms with Gasteiger partial charge in [-0.15, -0.1) is 0 Å². The Balaban J connectivity index is 1.93. The molecule has 2 aliphatic rings. The average Bonchev–Trinajstić information content (AvgIpc) is 3.07. The van der Waals surface area contributed by atoms with Gasteiger partial charge in [-0.1, -0.05) is 20.8 Å². The van der Waals surface area contributed by atoms with Crippen LogP contribution in [0.2, 0.25) is 0 Å². The van der Waals surface area contributed by atoms with Gasteiger partial charge in [-0.05, 0) is 56.9 Å². The fourth-order valence-corrected chi connectivity index (χ4v) is 3.19. The lowest BCUT2D eigenvalue weighted by Crippen LogP contribution is -2.52. The molecule has 0 aliphatic heterocycles. The zero-order chi connectivity index (χ0) is 12.4. The standard InChI is InChI=1S/C15H30N2/c1-11(2)8-9-17(13-5-6-13)15-10-12(3)4-7-14(15)16/h11-15H,4-10,16H2,1-3H3. The van der Waals surface area contributed by atoms with Gasteiger partial charge < -0.3 is 5.73 Å². The third-order valence-corrected chi connectivity index (χ3v) is 4.54. The Bertz CT molecular complexity index is 235. The molecule has 2 heteroatoms. The topological polar surface area (TPSA) is 29.3 Å². The van der Waals surface area contributed by atoms with Gasteiger partial charge in [0.15, 0.2) is 0 Å². The Hall–Kier alpha value is -0.0800. The minimum atomic E-state index is 0.430. The van der Waals surface area contributed by atoms with Crippen molar-refractivity contribution < 1.29 is 0 Å². The summed E-state index contributed by atoms with van der Waals surface area (Å²) in [6.45, 7) is 8.32. The highest BCUT2D eigenvalue weighted by Gasteiger charge is 2.38. The molecule has 2 fully saturated rings. The zero-order valence-electron chi connectivity index (χ0n) is 11.9. The van der Waals surface area contributed by atoms with Crippen LogP contribution in [0.3, 0.4) is 0 Å². The van der Waals surface area contributed by atoms with Crippen molar-refractivity contribution in [2.45, 2.75) is 77.4 Å². The Kier molecular flexibility index (Phi) is 4.48. The maximum atomic E-state index is 6.37. The molecule has 0 aromatic carbocycles. The van der Waals surface area contributed by atoms with E-state index in [1.54, 1.807) is 0 Å². The number of hydrogen-bond donors (Lipinski definition) is 1. The molecule has 2 rings (SSSR count). The number of nitrogens with zero attached hydrogens (tertiary/aromatic N) is 1. The van der Waals surface area contributed by atoms with Crippen LogP contribution in [-0.2, 0) is 0 Å². The van der Waals surface area contributed by atoms with Crippen LogP contribution in [0.1, 0.15) is 59.3 Å². The second-order valence-corrected chi connectivity index (χ2v) is 6.80. The first-order valence-corrected chi connectivity index (χ1v) is 7.59. The third kappa shape index (κ3) is 3.69. The highest BCUT2D eigenvalue weighted by Crippen LogP contribution is 2.35. The fraction of sp³-hybridized carbons (Fsp3) is 1.00. The van der Waals surface area contributed by atoms with Gasteiger partial charge in [-0.2, -0.15) is 0 Å². The normalized spacial score (nSPS) is 34.6. The summed E-state index contributed by atoms with van der Waals surface area (Å²) in [5.74, 6) is 1.69. The molecule has 0 heterocycles. The van der Waals surface area contributed by atoms with Crippen LogP contribution in [0, 0.1) is 11.8 Å². The summed E-state index contributed by atoms with van der Waals surface area (Å²) in [4.78, 5) is 2.76. The molecule has 0 bridgehead atoms. The predicted molar refractivity (Wildman–Crippen MR) is 74.0 cm³/mol. The summed E-state index contributed by atoms with van der Waals surface area (Å²) in [5, 5.41) is 0. The van der Waals surface area contributed by atoms with Crippen LogP contribution in [0.4, 0.5) is 0 Å². The average molecular weight is 238 g/mol. The molecule has 0 amide bonds. The lowest BCUT2D eigenvalue weighted by molar-refractivity contribution is 0.103. The number of rotatable bonds is 5. The molecular formula is C15H30N2. The fourth-order valence-electron chi connectivity index (χ4n) is 3.19. The van der Waals surface area contributed by atoms with Crippen LogP contribution in [0.15, 0.2) is 0 Å². The molecule has 3 atom stereocenters. The molecule has 0 spiro atoms. The van der Waals surface area contributed by atoms with E-state index in [4.69, 9.17) is 5.73 Å². The van der Waals surface area contributed by atoms with Crippen molar-refractivity contribution in [3.05, 3.63) is 0 Å². The van der Waals surface area contributed by atoms with Crippen molar-refractivity contribution in [2.24, 2.45) is 17.6 Å². The van der Waals surface area contributed by atoms with E-state index in [2.05, 4.69) is 25.7 Å². The Morgan fingerprint density at radius 2 is 1.88 bits per heavy atom. The first-order valence-electron chi connectivity index (χ1n) is 7.59. The van der Waals surface area contributed by atoms with Crippen LogP contribution < -0.4 is 5.73 Å². The lowest BCUT2D eigenvalue weighted by atomic mass is 9.82. The summed E-state index contributed by atoms with van der Waals surface area (Å²) in [7, 11) is 0. The lowest BCUT2D eigenvalue weighted by Gasteiger charge is -2.41. The molecule has 2 N–H and O–H groups in total. The molecule has 0 radical (unpaired) electrons. The summed E-state index contributed by atoms with van der Waals surface area (Å²) in [6.07, 6.45) is 8.05. The highest BCUT2D eigenvalue weighted by atomic mass is 15.2. The van der Waals surface area contributed by atoms with Crippen molar-refractivity contribution in [1.29, 1.82) is 0 Å². The van der Waals surface area contributed by atoms with Crippen molar-refractivity contribution >= 4 is 0 Å². The molecule has 2 nitrogen and oxygen atoms in total. The number of hydrogen-bond acceptors (Lipinski definition) is 2. The third-order valence-electron chi connectivity index (χ3n) is 4.54. The quantitative estimate of drug-likeness (QED) is 0.798. The minimum Gasteiger partial charge on any atom is -0.326 e. The van der Waals surface area contributed by atoms with E-state index in [1.165, 1.54) is 45.1 Å². The molecule has 0 aromatic heterocycles.